The summed E-state index contributed by atoms with van der Waals surface area (Å²) in [6.45, 7) is 6.02. The minimum Gasteiger partial charge on any atom is -0.507 e. The van der Waals surface area contributed by atoms with Gasteiger partial charge in [0.25, 0.3) is 11.1 Å². The molecule has 0 saturated heterocycles. The van der Waals surface area contributed by atoms with E-state index in [0.717, 1.165) is 10.0 Å². The van der Waals surface area contributed by atoms with Crippen molar-refractivity contribution in [3.63, 3.8) is 0 Å². The van der Waals surface area contributed by atoms with E-state index in [4.69, 9.17) is 0 Å². The fourth-order valence-corrected chi connectivity index (χ4v) is 3.22. The molecular formula is C19H18BrN3O3. The molecule has 0 spiro atoms. The molecule has 0 saturated carbocycles. The van der Waals surface area contributed by atoms with Gasteiger partial charge in [0, 0.05) is 21.8 Å². The molecule has 0 aliphatic rings. The minimum atomic E-state index is -0.429. The van der Waals surface area contributed by atoms with Gasteiger partial charge in [-0.1, -0.05) is 42.8 Å². The highest BCUT2D eigenvalue weighted by molar-refractivity contribution is 9.10. The standard InChI is InChI=1S/C19H18BrN3O3/c1-19(2,3)13-8-11(20)7-10(16(13)24)9-21-14-6-4-5-12-15(14)18(26)23-22-17(12)25/h4-9,24H,1-3H3,(H,22,25)(H,23,26). The SMILES string of the molecule is CC(C)(C)c1cc(Br)cc(C=Nc2cccc3c(=O)[nH][nH]c(=O)c23)c1O. The van der Waals surface area contributed by atoms with Crippen LogP contribution in [0.15, 0.2) is 49.4 Å². The quantitative estimate of drug-likeness (QED) is 0.555. The minimum absolute atomic E-state index is 0.136. The van der Waals surface area contributed by atoms with Crippen LogP contribution in [0.2, 0.25) is 0 Å². The van der Waals surface area contributed by atoms with Crippen LogP contribution in [0.3, 0.4) is 0 Å². The van der Waals surface area contributed by atoms with E-state index in [9.17, 15) is 14.7 Å². The van der Waals surface area contributed by atoms with Crippen LogP contribution in [0.4, 0.5) is 5.69 Å². The van der Waals surface area contributed by atoms with E-state index in [0.29, 0.717) is 11.3 Å². The van der Waals surface area contributed by atoms with Crippen LogP contribution < -0.4 is 11.1 Å². The largest absolute Gasteiger partial charge is 0.507 e. The monoisotopic (exact) mass is 415 g/mol. The van der Waals surface area contributed by atoms with Gasteiger partial charge in [0.1, 0.15) is 5.75 Å². The number of hydrogen-bond acceptors (Lipinski definition) is 4. The lowest BCUT2D eigenvalue weighted by molar-refractivity contribution is 0.445. The Kier molecular flexibility index (Phi) is 4.58. The molecule has 7 heteroatoms. The van der Waals surface area contributed by atoms with Crippen LogP contribution in [0.1, 0.15) is 31.9 Å². The van der Waals surface area contributed by atoms with Crippen molar-refractivity contribution >= 4 is 38.6 Å². The van der Waals surface area contributed by atoms with Crippen molar-refractivity contribution in [1.82, 2.24) is 10.2 Å². The number of hydrogen-bond donors (Lipinski definition) is 3. The number of aliphatic imine (C=N–C) groups is 1. The molecule has 1 heterocycles. The number of aromatic nitrogens is 2. The summed E-state index contributed by atoms with van der Waals surface area (Å²) in [5.74, 6) is 0.136. The molecule has 26 heavy (non-hydrogen) atoms. The molecule has 0 amide bonds. The topological polar surface area (TPSA) is 98.3 Å². The Hall–Kier alpha value is -2.67. The number of aromatic hydroxyl groups is 1. The summed E-state index contributed by atoms with van der Waals surface area (Å²) in [5.41, 5.74) is 0.577. The maximum atomic E-state index is 12.1. The van der Waals surface area contributed by atoms with Crippen molar-refractivity contribution in [1.29, 1.82) is 0 Å². The first kappa shape index (κ1) is 18.1. The fourth-order valence-electron chi connectivity index (χ4n) is 2.75. The summed E-state index contributed by atoms with van der Waals surface area (Å²) in [4.78, 5) is 28.4. The smallest absolute Gasteiger partial charge is 0.272 e. The third-order valence-corrected chi connectivity index (χ3v) is 4.52. The molecule has 0 unspecified atom stereocenters. The molecule has 1 aromatic heterocycles. The lowest BCUT2D eigenvalue weighted by Gasteiger charge is -2.21. The average molecular weight is 416 g/mol. The van der Waals surface area contributed by atoms with Crippen LogP contribution >= 0.6 is 15.9 Å². The molecule has 3 rings (SSSR count). The van der Waals surface area contributed by atoms with Crippen molar-refractivity contribution in [2.45, 2.75) is 26.2 Å². The van der Waals surface area contributed by atoms with Gasteiger partial charge >= 0.3 is 0 Å². The Balaban J connectivity index is 2.17. The van der Waals surface area contributed by atoms with E-state index in [1.807, 2.05) is 26.8 Å². The van der Waals surface area contributed by atoms with Gasteiger partial charge in [0.05, 0.1) is 16.5 Å². The second-order valence-electron chi connectivity index (χ2n) is 7.01. The first-order valence-corrected chi connectivity index (χ1v) is 8.78. The highest BCUT2D eigenvalue weighted by Crippen LogP contribution is 2.35. The van der Waals surface area contributed by atoms with E-state index in [1.165, 1.54) is 6.21 Å². The maximum absolute atomic E-state index is 12.1. The van der Waals surface area contributed by atoms with Crippen LogP contribution in [0.25, 0.3) is 10.8 Å². The van der Waals surface area contributed by atoms with Crippen molar-refractivity contribution in [2.24, 2.45) is 4.99 Å². The zero-order valence-corrected chi connectivity index (χ0v) is 16.1. The molecule has 6 nitrogen and oxygen atoms in total. The summed E-state index contributed by atoms with van der Waals surface area (Å²) in [6, 6.07) is 8.49. The van der Waals surface area contributed by atoms with Gasteiger partial charge in [-0.2, -0.15) is 0 Å². The zero-order chi connectivity index (χ0) is 19.1. The first-order chi connectivity index (χ1) is 12.2. The van der Waals surface area contributed by atoms with E-state index < -0.39 is 11.1 Å². The number of rotatable bonds is 2. The highest BCUT2D eigenvalue weighted by Gasteiger charge is 2.20. The Morgan fingerprint density at radius 1 is 1.12 bits per heavy atom. The molecule has 0 aliphatic carbocycles. The number of nitrogens with one attached hydrogen (secondary N) is 2. The second kappa shape index (κ2) is 6.57. The Labute approximate surface area is 157 Å². The number of phenolic OH excluding ortho intramolecular Hbond substituents is 1. The number of fused-ring (bicyclic) bond motifs is 1. The first-order valence-electron chi connectivity index (χ1n) is 7.99. The van der Waals surface area contributed by atoms with Crippen molar-refractivity contribution in [3.05, 3.63) is 66.6 Å². The molecule has 134 valence electrons. The summed E-state index contributed by atoms with van der Waals surface area (Å²) in [7, 11) is 0. The van der Waals surface area contributed by atoms with Crippen molar-refractivity contribution < 1.29 is 5.11 Å². The molecule has 3 aromatic rings. The average Bonchev–Trinajstić information content (AvgIpc) is 2.57. The number of benzene rings is 2. The lowest BCUT2D eigenvalue weighted by Crippen LogP contribution is -2.18. The predicted octanol–water partition coefficient (Wildman–Crippen LogP) is 3.73. The second-order valence-corrected chi connectivity index (χ2v) is 7.92. The Morgan fingerprint density at radius 3 is 2.50 bits per heavy atom. The number of phenols is 1. The van der Waals surface area contributed by atoms with E-state index in [2.05, 4.69) is 31.1 Å². The molecule has 0 bridgehead atoms. The predicted molar refractivity (Wildman–Crippen MR) is 107 cm³/mol. The summed E-state index contributed by atoms with van der Waals surface area (Å²) in [6.07, 6.45) is 1.49. The van der Waals surface area contributed by atoms with Gasteiger partial charge < -0.3 is 5.11 Å². The third kappa shape index (κ3) is 3.35. The number of H-pyrrole nitrogens is 2. The van der Waals surface area contributed by atoms with Crippen LogP contribution in [0.5, 0.6) is 5.75 Å². The molecule has 0 fully saturated rings. The van der Waals surface area contributed by atoms with Crippen molar-refractivity contribution in [2.75, 3.05) is 0 Å². The van der Waals surface area contributed by atoms with Gasteiger partial charge in [-0.25, -0.2) is 0 Å². The van der Waals surface area contributed by atoms with Gasteiger partial charge in [0.15, 0.2) is 0 Å². The number of nitrogens with zero attached hydrogens (tertiary/aromatic N) is 1. The van der Waals surface area contributed by atoms with Gasteiger partial charge in [-0.3, -0.25) is 24.8 Å². The summed E-state index contributed by atoms with van der Waals surface area (Å²) in [5, 5.41) is 15.7. The van der Waals surface area contributed by atoms with E-state index in [1.54, 1.807) is 24.3 Å². The third-order valence-electron chi connectivity index (χ3n) is 4.06. The Bertz CT molecular complexity index is 1140. The van der Waals surface area contributed by atoms with Crippen LogP contribution in [-0.2, 0) is 5.41 Å². The summed E-state index contributed by atoms with van der Waals surface area (Å²) >= 11 is 3.45. The van der Waals surface area contributed by atoms with Gasteiger partial charge in [-0.15, -0.1) is 0 Å². The van der Waals surface area contributed by atoms with Gasteiger partial charge in [0.2, 0.25) is 0 Å². The Morgan fingerprint density at radius 2 is 1.81 bits per heavy atom. The van der Waals surface area contributed by atoms with E-state index >= 15 is 0 Å². The van der Waals surface area contributed by atoms with Crippen LogP contribution in [-0.4, -0.2) is 21.5 Å². The molecule has 0 aliphatic heterocycles. The fraction of sp³-hybridized carbons (Fsp3) is 0.211. The maximum Gasteiger partial charge on any atom is 0.272 e. The number of halogens is 1. The van der Waals surface area contributed by atoms with E-state index in [-0.39, 0.29) is 21.9 Å². The normalized spacial score (nSPS) is 12.2. The number of aromatic amines is 2. The van der Waals surface area contributed by atoms with Crippen LogP contribution in [0, 0.1) is 0 Å². The summed E-state index contributed by atoms with van der Waals surface area (Å²) < 4.78 is 0.814. The zero-order valence-electron chi connectivity index (χ0n) is 14.6. The van der Waals surface area contributed by atoms with Gasteiger partial charge in [-0.05, 0) is 29.7 Å². The molecule has 2 aromatic carbocycles. The molecule has 3 N–H and O–H groups in total. The molecular weight excluding hydrogens is 398 g/mol. The lowest BCUT2D eigenvalue weighted by atomic mass is 9.85. The van der Waals surface area contributed by atoms with Crippen molar-refractivity contribution in [3.8, 4) is 5.75 Å². The molecule has 0 radical (unpaired) electrons. The highest BCUT2D eigenvalue weighted by atomic mass is 79.9. The molecule has 0 atom stereocenters.